The van der Waals surface area contributed by atoms with Crippen LogP contribution in [-0.4, -0.2) is 65.5 Å². The third kappa shape index (κ3) is 7.66. The first-order chi connectivity index (χ1) is 19.6. The maximum atomic E-state index is 13.1. The fraction of sp³-hybridized carbons (Fsp3) is 0.394. The molecule has 8 heteroatoms. The summed E-state index contributed by atoms with van der Waals surface area (Å²) >= 11 is 5.85. The quantitative estimate of drug-likeness (QED) is 0.332. The van der Waals surface area contributed by atoms with E-state index in [-0.39, 0.29) is 17.3 Å². The minimum atomic E-state index is -0.958. The van der Waals surface area contributed by atoms with Crippen LogP contribution < -0.4 is 0 Å². The Morgan fingerprint density at radius 3 is 2.17 bits per heavy atom. The number of carbonyl (C=O) groups is 2. The zero-order valence-corrected chi connectivity index (χ0v) is 24.7. The summed E-state index contributed by atoms with van der Waals surface area (Å²) in [6.45, 7) is 5.07. The molecule has 3 aromatic carbocycles. The van der Waals surface area contributed by atoms with Crippen molar-refractivity contribution in [3.8, 4) is 0 Å². The van der Waals surface area contributed by atoms with E-state index in [4.69, 9.17) is 16.7 Å². The molecule has 1 saturated carbocycles. The van der Waals surface area contributed by atoms with Gasteiger partial charge in [-0.25, -0.2) is 9.18 Å². The summed E-state index contributed by atoms with van der Waals surface area (Å²) in [6.07, 6.45) is 2.15. The number of halogens is 2. The van der Waals surface area contributed by atoms with Gasteiger partial charge in [-0.1, -0.05) is 72.3 Å². The number of nitrogens with zero attached hydrogens (tertiary/aromatic N) is 3. The van der Waals surface area contributed by atoms with E-state index >= 15 is 0 Å². The number of carboxylic acid groups (broad SMARTS) is 1. The molecule has 0 unspecified atom stereocenters. The highest BCUT2D eigenvalue weighted by Crippen LogP contribution is 2.48. The summed E-state index contributed by atoms with van der Waals surface area (Å²) in [4.78, 5) is 28.4. The molecule has 1 saturated heterocycles. The number of likely N-dealkylation sites (tertiary alicyclic amines) is 1. The molecule has 0 spiro atoms. The second kappa shape index (κ2) is 13.5. The summed E-state index contributed by atoms with van der Waals surface area (Å²) in [7, 11) is 3.45. The van der Waals surface area contributed by atoms with Gasteiger partial charge in [-0.2, -0.15) is 0 Å². The van der Waals surface area contributed by atoms with Crippen molar-refractivity contribution >= 4 is 23.6 Å². The number of hydrogen-bond donors (Lipinski definition) is 1. The van der Waals surface area contributed by atoms with Gasteiger partial charge < -0.3 is 19.8 Å². The summed E-state index contributed by atoms with van der Waals surface area (Å²) in [5.74, 6) is 1.20. The van der Waals surface area contributed by atoms with Crippen LogP contribution in [0.2, 0.25) is 5.02 Å². The Labute approximate surface area is 247 Å². The van der Waals surface area contributed by atoms with Crippen LogP contribution in [0.4, 0.5) is 9.18 Å². The lowest BCUT2D eigenvalue weighted by Gasteiger charge is -2.47. The first-order valence-corrected chi connectivity index (χ1v) is 14.4. The lowest BCUT2D eigenvalue weighted by Crippen LogP contribution is -2.53. The van der Waals surface area contributed by atoms with Gasteiger partial charge in [0.25, 0.3) is 0 Å². The molecular weight excluding hydrogens is 541 g/mol. The minimum absolute atomic E-state index is 0.121. The number of rotatable bonds is 7. The summed E-state index contributed by atoms with van der Waals surface area (Å²) in [6, 6.07) is 24.7. The van der Waals surface area contributed by atoms with E-state index in [1.165, 1.54) is 29.5 Å². The SMILES string of the molecule is CC(=O)N(C)C1(c2ccccc2)CCN(C[C@@H]2C[C@@H]2c2ccc(F)cc2)CC1.CN(Cc1ccccc1Cl)C(=O)O. The van der Waals surface area contributed by atoms with Crippen molar-refractivity contribution < 1.29 is 19.1 Å². The Kier molecular flexibility index (Phi) is 10.1. The number of amides is 2. The molecule has 218 valence electrons. The van der Waals surface area contributed by atoms with Gasteiger partial charge >= 0.3 is 6.09 Å². The number of benzene rings is 3. The molecule has 0 radical (unpaired) electrons. The Morgan fingerprint density at radius 2 is 1.59 bits per heavy atom. The van der Waals surface area contributed by atoms with Crippen LogP contribution in [0, 0.1) is 11.7 Å². The molecule has 1 aliphatic carbocycles. The molecule has 1 N–H and O–H groups in total. The average Bonchev–Trinajstić information content (AvgIpc) is 3.74. The lowest BCUT2D eigenvalue weighted by atomic mass is 9.79. The molecule has 0 bridgehead atoms. The zero-order valence-electron chi connectivity index (χ0n) is 24.0. The van der Waals surface area contributed by atoms with E-state index in [0.717, 1.165) is 38.0 Å². The second-order valence-electron chi connectivity index (χ2n) is 11.2. The van der Waals surface area contributed by atoms with E-state index in [1.807, 2.05) is 48.3 Å². The van der Waals surface area contributed by atoms with E-state index in [2.05, 4.69) is 29.2 Å². The molecule has 2 fully saturated rings. The van der Waals surface area contributed by atoms with Gasteiger partial charge in [0.15, 0.2) is 0 Å². The largest absolute Gasteiger partial charge is 0.465 e. The lowest BCUT2D eigenvalue weighted by molar-refractivity contribution is -0.136. The second-order valence-corrected chi connectivity index (χ2v) is 11.6. The van der Waals surface area contributed by atoms with Gasteiger partial charge in [-0.15, -0.1) is 0 Å². The van der Waals surface area contributed by atoms with Crippen LogP contribution in [0.5, 0.6) is 0 Å². The zero-order chi connectivity index (χ0) is 29.6. The number of hydrogen-bond acceptors (Lipinski definition) is 3. The van der Waals surface area contributed by atoms with Gasteiger partial charge in [0.2, 0.25) is 5.91 Å². The highest BCUT2D eigenvalue weighted by Gasteiger charge is 2.44. The van der Waals surface area contributed by atoms with E-state index in [1.54, 1.807) is 25.1 Å². The standard InChI is InChI=1S/C24H29FN2O.C9H10ClNO2/c1-18(28)26(2)24(21-6-4-3-5-7-21)12-14-27(15-13-24)17-20-16-23(20)19-8-10-22(25)11-9-19;1-11(9(12)13)6-7-4-2-3-5-8(7)10/h3-11,20,23H,12-17H2,1-2H3;2-5H,6H2,1H3,(H,12,13)/t20-,23+;/m0./s1. The number of carbonyl (C=O) groups excluding carboxylic acids is 1. The van der Waals surface area contributed by atoms with Crippen LogP contribution in [-0.2, 0) is 16.9 Å². The van der Waals surface area contributed by atoms with E-state index in [0.29, 0.717) is 23.4 Å². The van der Waals surface area contributed by atoms with Crippen molar-refractivity contribution in [3.05, 3.63) is 106 Å². The molecular formula is C33H39ClFN3O3. The van der Waals surface area contributed by atoms with E-state index in [9.17, 15) is 14.0 Å². The Bertz CT molecular complexity index is 1310. The predicted molar refractivity (Wildman–Crippen MR) is 160 cm³/mol. The van der Waals surface area contributed by atoms with Gasteiger partial charge in [0.05, 0.1) is 12.1 Å². The van der Waals surface area contributed by atoms with Crippen molar-refractivity contribution in [2.75, 3.05) is 33.7 Å². The summed E-state index contributed by atoms with van der Waals surface area (Å²) in [5, 5.41) is 9.21. The smallest absolute Gasteiger partial charge is 0.407 e. The van der Waals surface area contributed by atoms with Gasteiger partial charge in [0.1, 0.15) is 5.82 Å². The van der Waals surface area contributed by atoms with Crippen molar-refractivity contribution in [2.24, 2.45) is 5.92 Å². The van der Waals surface area contributed by atoms with Crippen molar-refractivity contribution in [2.45, 2.75) is 44.2 Å². The molecule has 2 atom stereocenters. The fourth-order valence-electron chi connectivity index (χ4n) is 5.82. The predicted octanol–water partition coefficient (Wildman–Crippen LogP) is 6.85. The summed E-state index contributed by atoms with van der Waals surface area (Å²) in [5.41, 5.74) is 3.11. The number of piperidine rings is 1. The van der Waals surface area contributed by atoms with Crippen molar-refractivity contribution in [3.63, 3.8) is 0 Å². The molecule has 1 heterocycles. The maximum absolute atomic E-state index is 13.1. The van der Waals surface area contributed by atoms with Gasteiger partial charge in [0, 0.05) is 45.7 Å². The molecule has 1 aliphatic heterocycles. The van der Waals surface area contributed by atoms with Crippen LogP contribution in [0.25, 0.3) is 0 Å². The molecule has 0 aromatic heterocycles. The Balaban J connectivity index is 0.000000251. The Hall–Kier alpha value is -3.42. The highest BCUT2D eigenvalue weighted by molar-refractivity contribution is 6.31. The molecule has 3 aromatic rings. The monoisotopic (exact) mass is 579 g/mol. The van der Waals surface area contributed by atoms with Crippen LogP contribution in [0.15, 0.2) is 78.9 Å². The first-order valence-electron chi connectivity index (χ1n) is 14.1. The average molecular weight is 580 g/mol. The molecule has 6 nitrogen and oxygen atoms in total. The molecule has 2 amide bonds. The fourth-order valence-corrected chi connectivity index (χ4v) is 6.02. The maximum Gasteiger partial charge on any atom is 0.407 e. The van der Waals surface area contributed by atoms with Crippen LogP contribution >= 0.6 is 11.6 Å². The molecule has 41 heavy (non-hydrogen) atoms. The van der Waals surface area contributed by atoms with Crippen LogP contribution in [0.3, 0.4) is 0 Å². The minimum Gasteiger partial charge on any atom is -0.465 e. The topological polar surface area (TPSA) is 64.1 Å². The summed E-state index contributed by atoms with van der Waals surface area (Å²) < 4.78 is 13.1. The molecule has 5 rings (SSSR count). The third-order valence-corrected chi connectivity index (χ3v) is 8.88. The van der Waals surface area contributed by atoms with E-state index < -0.39 is 6.09 Å². The normalized spacial score (nSPS) is 19.4. The van der Waals surface area contributed by atoms with Gasteiger partial charge in [-0.05, 0) is 66.0 Å². The van der Waals surface area contributed by atoms with Gasteiger partial charge in [-0.3, -0.25) is 4.79 Å². The van der Waals surface area contributed by atoms with Crippen LogP contribution in [0.1, 0.15) is 48.8 Å². The third-order valence-electron chi connectivity index (χ3n) is 8.51. The highest BCUT2D eigenvalue weighted by atomic mass is 35.5. The van der Waals surface area contributed by atoms with Crippen molar-refractivity contribution in [1.29, 1.82) is 0 Å². The molecule has 2 aliphatic rings. The van der Waals surface area contributed by atoms with Crippen molar-refractivity contribution in [1.82, 2.24) is 14.7 Å². The Morgan fingerprint density at radius 1 is 0.976 bits per heavy atom. The first kappa shape index (κ1) is 30.5.